The third-order valence-corrected chi connectivity index (χ3v) is 4.85. The van der Waals surface area contributed by atoms with Crippen LogP contribution in [-0.2, 0) is 14.3 Å². The Kier molecular flexibility index (Phi) is 11.5. The van der Waals surface area contributed by atoms with E-state index in [0.717, 1.165) is 51.2 Å². The van der Waals surface area contributed by atoms with Crippen molar-refractivity contribution in [3.05, 3.63) is 42.1 Å². The average Bonchev–Trinajstić information content (AvgIpc) is 3.21. The van der Waals surface area contributed by atoms with Crippen molar-refractivity contribution in [3.63, 3.8) is 0 Å². The molecule has 4 rings (SSSR count). The molecule has 6 nitrogen and oxygen atoms in total. The standard InChI is InChI=1S/C10H9N.C8H16N2O.C3H8O.CH2O/c1-8-4-2-5-9-6-3-7-11-10(8)9;1-10-5-2-8(3-6-10)9-4-7-11-8;1-3-4-2;1-2/h2-7H,1H3;9H,2-7H2,1H3;3H2,1-2H3;1H2. The Morgan fingerprint density at radius 3 is 2.43 bits per heavy atom. The first-order valence-corrected chi connectivity index (χ1v) is 9.76. The quantitative estimate of drug-likeness (QED) is 0.809. The third kappa shape index (κ3) is 7.64. The van der Waals surface area contributed by atoms with Gasteiger partial charge in [0.2, 0.25) is 0 Å². The predicted octanol–water partition coefficient (Wildman–Crippen LogP) is 3.04. The lowest BCUT2D eigenvalue weighted by atomic mass is 10.0. The van der Waals surface area contributed by atoms with E-state index in [9.17, 15) is 0 Å². The molecule has 1 N–H and O–H groups in total. The number of hydrogen-bond donors (Lipinski definition) is 1. The number of aryl methyl sites for hydroxylation is 1. The van der Waals surface area contributed by atoms with Gasteiger partial charge >= 0.3 is 0 Å². The molecule has 2 aromatic rings. The summed E-state index contributed by atoms with van der Waals surface area (Å²) in [5.41, 5.74) is 2.41. The highest BCUT2D eigenvalue weighted by atomic mass is 16.5. The van der Waals surface area contributed by atoms with Crippen molar-refractivity contribution in [3.8, 4) is 0 Å². The van der Waals surface area contributed by atoms with Crippen molar-refractivity contribution >= 4 is 17.7 Å². The fraction of sp³-hybridized carbons (Fsp3) is 0.545. The topological polar surface area (TPSA) is 63.7 Å². The number of nitrogens with zero attached hydrogens (tertiary/aromatic N) is 2. The molecule has 1 aromatic heterocycles. The lowest BCUT2D eigenvalue weighted by Gasteiger charge is -2.36. The van der Waals surface area contributed by atoms with Crippen molar-refractivity contribution in [2.45, 2.75) is 32.4 Å². The summed E-state index contributed by atoms with van der Waals surface area (Å²) in [6, 6.07) is 10.3. The van der Waals surface area contributed by atoms with Gasteiger partial charge in [-0.15, -0.1) is 0 Å². The molecule has 0 amide bonds. The van der Waals surface area contributed by atoms with E-state index in [1.165, 1.54) is 10.9 Å². The summed E-state index contributed by atoms with van der Waals surface area (Å²) in [5, 5.41) is 4.66. The van der Waals surface area contributed by atoms with Crippen LogP contribution in [-0.4, -0.2) is 69.4 Å². The summed E-state index contributed by atoms with van der Waals surface area (Å²) in [6.07, 6.45) is 4.11. The van der Waals surface area contributed by atoms with E-state index in [0.29, 0.717) is 0 Å². The highest BCUT2D eigenvalue weighted by molar-refractivity contribution is 5.81. The molecule has 0 radical (unpaired) electrons. The Morgan fingerprint density at radius 1 is 1.25 bits per heavy atom. The molecule has 1 aromatic carbocycles. The molecule has 6 heteroatoms. The smallest absolute Gasteiger partial charge is 0.121 e. The lowest BCUT2D eigenvalue weighted by molar-refractivity contribution is -0.0980. The van der Waals surface area contributed by atoms with E-state index in [2.05, 4.69) is 58.2 Å². The Morgan fingerprint density at radius 2 is 1.89 bits per heavy atom. The van der Waals surface area contributed by atoms with E-state index in [-0.39, 0.29) is 5.72 Å². The molecular weight excluding hydrogens is 354 g/mol. The zero-order valence-electron chi connectivity index (χ0n) is 17.7. The molecule has 1 spiro atoms. The first kappa shape index (κ1) is 24.2. The number of piperidine rings is 1. The molecular formula is C22H35N3O3. The summed E-state index contributed by atoms with van der Waals surface area (Å²) in [5.74, 6) is 0. The molecule has 2 aliphatic rings. The molecule has 0 saturated carbocycles. The van der Waals surface area contributed by atoms with Crippen LogP contribution in [0.4, 0.5) is 0 Å². The predicted molar refractivity (Wildman–Crippen MR) is 115 cm³/mol. The third-order valence-electron chi connectivity index (χ3n) is 4.85. The Hall–Kier alpha value is -1.86. The van der Waals surface area contributed by atoms with Gasteiger partial charge in [-0.3, -0.25) is 10.3 Å². The minimum atomic E-state index is 0.0620. The van der Waals surface area contributed by atoms with Crippen LogP contribution < -0.4 is 5.32 Å². The van der Waals surface area contributed by atoms with E-state index in [1.807, 2.05) is 26.0 Å². The maximum absolute atomic E-state index is 8.00. The summed E-state index contributed by atoms with van der Waals surface area (Å²) in [6.45, 7) is 11.1. The van der Waals surface area contributed by atoms with Crippen LogP contribution in [0.1, 0.15) is 25.3 Å². The molecule has 156 valence electrons. The maximum atomic E-state index is 8.00. The first-order chi connectivity index (χ1) is 13.6. The van der Waals surface area contributed by atoms with Gasteiger partial charge in [0.1, 0.15) is 12.5 Å². The summed E-state index contributed by atoms with van der Waals surface area (Å²) in [4.78, 5) is 14.6. The molecule has 0 atom stereocenters. The van der Waals surface area contributed by atoms with E-state index < -0.39 is 0 Å². The van der Waals surface area contributed by atoms with Crippen LogP contribution >= 0.6 is 0 Å². The van der Waals surface area contributed by atoms with Gasteiger partial charge in [0.05, 0.1) is 12.1 Å². The zero-order chi connectivity index (χ0) is 20.8. The van der Waals surface area contributed by atoms with Gasteiger partial charge in [-0.05, 0) is 32.5 Å². The summed E-state index contributed by atoms with van der Waals surface area (Å²) in [7, 11) is 3.85. The zero-order valence-corrected chi connectivity index (χ0v) is 17.7. The van der Waals surface area contributed by atoms with Crippen LogP contribution in [0.5, 0.6) is 0 Å². The normalized spacial score (nSPS) is 17.6. The van der Waals surface area contributed by atoms with Crippen LogP contribution in [0, 0.1) is 6.92 Å². The van der Waals surface area contributed by atoms with E-state index in [1.54, 1.807) is 7.11 Å². The molecule has 2 saturated heterocycles. The van der Waals surface area contributed by atoms with Crippen molar-refractivity contribution in [1.82, 2.24) is 15.2 Å². The number of rotatable bonds is 1. The Bertz CT molecular complexity index is 658. The number of pyridine rings is 1. The molecule has 2 aliphatic heterocycles. The Labute approximate surface area is 169 Å². The van der Waals surface area contributed by atoms with Crippen LogP contribution in [0.3, 0.4) is 0 Å². The SMILES string of the molecule is C=O.CCOC.CN1CCC2(CC1)NCCO2.Cc1cccc2cccnc12. The Balaban J connectivity index is 0.000000221. The molecule has 0 bridgehead atoms. The minimum absolute atomic E-state index is 0.0620. The monoisotopic (exact) mass is 389 g/mol. The fourth-order valence-electron chi connectivity index (χ4n) is 3.13. The molecule has 0 unspecified atom stereocenters. The molecule has 28 heavy (non-hydrogen) atoms. The van der Waals surface area contributed by atoms with Crippen molar-refractivity contribution in [2.75, 3.05) is 47.0 Å². The van der Waals surface area contributed by atoms with Gasteiger partial charge in [0.15, 0.2) is 0 Å². The highest BCUT2D eigenvalue weighted by Gasteiger charge is 2.36. The number of ether oxygens (including phenoxy) is 2. The van der Waals surface area contributed by atoms with Gasteiger partial charge in [0, 0.05) is 57.8 Å². The van der Waals surface area contributed by atoms with Gasteiger partial charge < -0.3 is 19.2 Å². The van der Waals surface area contributed by atoms with Crippen molar-refractivity contribution in [2.24, 2.45) is 0 Å². The number of nitrogens with one attached hydrogen (secondary N) is 1. The van der Waals surface area contributed by atoms with Crippen LogP contribution in [0.15, 0.2) is 36.5 Å². The van der Waals surface area contributed by atoms with Gasteiger partial charge in [0.25, 0.3) is 0 Å². The number of fused-ring (bicyclic) bond motifs is 1. The largest absolute Gasteiger partial charge is 0.385 e. The number of aromatic nitrogens is 1. The number of carbonyl (C=O) groups is 1. The van der Waals surface area contributed by atoms with Gasteiger partial charge in [-0.1, -0.05) is 24.3 Å². The van der Waals surface area contributed by atoms with Crippen LogP contribution in [0.25, 0.3) is 10.9 Å². The van der Waals surface area contributed by atoms with Crippen molar-refractivity contribution in [1.29, 1.82) is 0 Å². The van der Waals surface area contributed by atoms with Crippen molar-refractivity contribution < 1.29 is 14.3 Å². The second-order valence-corrected chi connectivity index (χ2v) is 6.80. The number of benzene rings is 1. The second-order valence-electron chi connectivity index (χ2n) is 6.80. The van der Waals surface area contributed by atoms with Crippen LogP contribution in [0.2, 0.25) is 0 Å². The fourth-order valence-corrected chi connectivity index (χ4v) is 3.13. The number of likely N-dealkylation sites (tertiary alicyclic amines) is 1. The number of methoxy groups -OCH3 is 1. The van der Waals surface area contributed by atoms with E-state index in [4.69, 9.17) is 9.53 Å². The summed E-state index contributed by atoms with van der Waals surface area (Å²) < 4.78 is 10.2. The molecule has 2 fully saturated rings. The summed E-state index contributed by atoms with van der Waals surface area (Å²) >= 11 is 0. The van der Waals surface area contributed by atoms with Gasteiger partial charge in [-0.25, -0.2) is 0 Å². The molecule has 3 heterocycles. The van der Waals surface area contributed by atoms with E-state index >= 15 is 0 Å². The highest BCUT2D eigenvalue weighted by Crippen LogP contribution is 2.25. The maximum Gasteiger partial charge on any atom is 0.121 e. The molecule has 0 aliphatic carbocycles. The number of hydrogen-bond acceptors (Lipinski definition) is 6. The average molecular weight is 390 g/mol. The van der Waals surface area contributed by atoms with Gasteiger partial charge in [-0.2, -0.15) is 0 Å². The number of carbonyl (C=O) groups excluding carboxylic acids is 1. The number of para-hydroxylation sites is 1. The lowest BCUT2D eigenvalue weighted by Crippen LogP contribution is -2.49. The second kappa shape index (κ2) is 13.3. The minimum Gasteiger partial charge on any atom is -0.385 e. The first-order valence-electron chi connectivity index (χ1n) is 9.76.